The zero-order valence-electron chi connectivity index (χ0n) is 9.96. The number of aryl methyl sites for hydroxylation is 1. The third-order valence-electron chi connectivity index (χ3n) is 2.89. The minimum atomic E-state index is -4.72. The molecule has 1 aromatic heterocycles. The molecule has 0 spiro atoms. The van der Waals surface area contributed by atoms with Crippen LogP contribution in [0.15, 0.2) is 29.6 Å². The number of benzene rings is 1. The number of alkyl halides is 3. The van der Waals surface area contributed by atoms with Crippen LogP contribution in [0, 0.1) is 12.7 Å². The zero-order chi connectivity index (χ0) is 14.2. The molecule has 0 aliphatic rings. The highest BCUT2D eigenvalue weighted by atomic mass is 32.1. The summed E-state index contributed by atoms with van der Waals surface area (Å²) in [6.45, 7) is 1.84. The maximum absolute atomic E-state index is 13.2. The third-order valence-corrected chi connectivity index (χ3v) is 3.75. The van der Waals surface area contributed by atoms with Gasteiger partial charge < -0.3 is 5.73 Å². The van der Waals surface area contributed by atoms with Gasteiger partial charge in [0.1, 0.15) is 5.82 Å². The molecule has 0 radical (unpaired) electrons. The van der Waals surface area contributed by atoms with E-state index in [0.29, 0.717) is 0 Å². The minimum Gasteiger partial charge on any atom is -0.320 e. The largest absolute Gasteiger partial charge is 0.419 e. The Morgan fingerprint density at radius 2 is 1.89 bits per heavy atom. The number of rotatable bonds is 2. The van der Waals surface area contributed by atoms with Crippen LogP contribution in [-0.4, -0.2) is 0 Å². The van der Waals surface area contributed by atoms with E-state index in [4.69, 9.17) is 5.73 Å². The topological polar surface area (TPSA) is 26.0 Å². The quantitative estimate of drug-likeness (QED) is 0.821. The minimum absolute atomic E-state index is 0.246. The Hall–Kier alpha value is -1.40. The molecular formula is C13H11F4NS. The van der Waals surface area contributed by atoms with Crippen molar-refractivity contribution in [2.24, 2.45) is 5.73 Å². The van der Waals surface area contributed by atoms with Gasteiger partial charge in [-0.25, -0.2) is 4.39 Å². The van der Waals surface area contributed by atoms with Crippen molar-refractivity contribution in [1.29, 1.82) is 0 Å². The van der Waals surface area contributed by atoms with Crippen molar-refractivity contribution in [3.8, 4) is 0 Å². The molecule has 1 aromatic carbocycles. The maximum atomic E-state index is 13.2. The lowest BCUT2D eigenvalue weighted by Crippen LogP contribution is -2.15. The van der Waals surface area contributed by atoms with Gasteiger partial charge in [-0.1, -0.05) is 6.07 Å². The Balaban J connectivity index is 2.44. The molecule has 102 valence electrons. The van der Waals surface area contributed by atoms with E-state index in [1.165, 1.54) is 17.4 Å². The Morgan fingerprint density at radius 1 is 1.21 bits per heavy atom. The van der Waals surface area contributed by atoms with Crippen LogP contribution in [0.3, 0.4) is 0 Å². The lowest BCUT2D eigenvalue weighted by atomic mass is 9.98. The van der Waals surface area contributed by atoms with Gasteiger partial charge in [0.15, 0.2) is 0 Å². The number of nitrogens with two attached hydrogens (primary N) is 1. The fraction of sp³-hybridized carbons (Fsp3) is 0.231. The zero-order valence-corrected chi connectivity index (χ0v) is 10.8. The molecule has 1 nitrogen and oxygen atoms in total. The van der Waals surface area contributed by atoms with Crippen LogP contribution in [0.4, 0.5) is 17.6 Å². The van der Waals surface area contributed by atoms with Crippen LogP contribution >= 0.6 is 11.3 Å². The number of hydrogen-bond acceptors (Lipinski definition) is 2. The van der Waals surface area contributed by atoms with Crippen molar-refractivity contribution in [1.82, 2.24) is 0 Å². The summed E-state index contributed by atoms with van der Waals surface area (Å²) >= 11 is 1.46. The average Bonchev–Trinajstić information content (AvgIpc) is 2.73. The molecule has 2 rings (SSSR count). The summed E-state index contributed by atoms with van der Waals surface area (Å²) in [6.07, 6.45) is -4.72. The van der Waals surface area contributed by atoms with Gasteiger partial charge in [-0.3, -0.25) is 0 Å². The van der Waals surface area contributed by atoms with Crippen LogP contribution in [-0.2, 0) is 6.18 Å². The Labute approximate surface area is 111 Å². The molecule has 19 heavy (non-hydrogen) atoms. The first kappa shape index (κ1) is 14.0. The van der Waals surface area contributed by atoms with Crippen molar-refractivity contribution in [3.05, 3.63) is 57.0 Å². The van der Waals surface area contributed by atoms with E-state index in [-0.39, 0.29) is 5.56 Å². The van der Waals surface area contributed by atoms with Crippen LogP contribution in [0.1, 0.15) is 27.6 Å². The number of halogens is 4. The van der Waals surface area contributed by atoms with Crippen molar-refractivity contribution in [3.63, 3.8) is 0 Å². The van der Waals surface area contributed by atoms with Gasteiger partial charge in [-0.05, 0) is 41.6 Å². The van der Waals surface area contributed by atoms with Gasteiger partial charge in [-0.15, -0.1) is 11.3 Å². The number of hydrogen-bond donors (Lipinski definition) is 1. The molecule has 0 saturated carbocycles. The van der Waals surface area contributed by atoms with Crippen molar-refractivity contribution in [2.75, 3.05) is 0 Å². The second-order valence-electron chi connectivity index (χ2n) is 4.15. The average molecular weight is 289 g/mol. The van der Waals surface area contributed by atoms with Crippen molar-refractivity contribution >= 4 is 11.3 Å². The highest BCUT2D eigenvalue weighted by molar-refractivity contribution is 7.10. The maximum Gasteiger partial charge on any atom is 0.419 e. The molecular weight excluding hydrogens is 278 g/mol. The molecule has 0 saturated heterocycles. The van der Waals surface area contributed by atoms with E-state index < -0.39 is 23.6 Å². The normalized spacial score (nSPS) is 13.6. The van der Waals surface area contributed by atoms with Crippen molar-refractivity contribution < 1.29 is 17.6 Å². The molecule has 0 fully saturated rings. The molecule has 6 heteroatoms. The summed E-state index contributed by atoms with van der Waals surface area (Å²) in [4.78, 5) is 0.936. The summed E-state index contributed by atoms with van der Waals surface area (Å²) in [6, 6.07) is 3.94. The summed E-state index contributed by atoms with van der Waals surface area (Å²) < 4.78 is 51.1. The molecule has 1 unspecified atom stereocenters. The molecule has 1 heterocycles. The second kappa shape index (κ2) is 4.94. The lowest BCUT2D eigenvalue weighted by molar-refractivity contribution is -0.140. The summed E-state index contributed by atoms with van der Waals surface area (Å²) in [7, 11) is 0. The molecule has 2 N–H and O–H groups in total. The molecule has 2 aromatic rings. The fourth-order valence-corrected chi connectivity index (χ4v) is 2.60. The van der Waals surface area contributed by atoms with Crippen LogP contribution in [0.25, 0.3) is 0 Å². The predicted molar refractivity (Wildman–Crippen MR) is 66.5 cm³/mol. The van der Waals surface area contributed by atoms with Gasteiger partial charge in [-0.2, -0.15) is 13.2 Å². The first-order valence-electron chi connectivity index (χ1n) is 5.47. The van der Waals surface area contributed by atoms with Gasteiger partial charge in [0.05, 0.1) is 11.6 Å². The van der Waals surface area contributed by atoms with E-state index in [1.807, 2.05) is 12.3 Å². The van der Waals surface area contributed by atoms with Gasteiger partial charge in [0, 0.05) is 4.88 Å². The van der Waals surface area contributed by atoms with Crippen molar-refractivity contribution in [2.45, 2.75) is 19.1 Å². The lowest BCUT2D eigenvalue weighted by Gasteiger charge is -2.15. The van der Waals surface area contributed by atoms with Gasteiger partial charge in [0.2, 0.25) is 0 Å². The summed E-state index contributed by atoms with van der Waals surface area (Å²) in [5.74, 6) is -1.29. The smallest absolute Gasteiger partial charge is 0.320 e. The SMILES string of the molecule is Cc1sccc1C(N)c1ccc(F)c(C(F)(F)F)c1. The summed E-state index contributed by atoms with van der Waals surface area (Å²) in [5.41, 5.74) is 5.66. The monoisotopic (exact) mass is 289 g/mol. The standard InChI is InChI=1S/C13H11F4NS/c1-7-9(4-5-19-7)12(18)8-2-3-11(14)10(6-8)13(15,16)17/h2-6,12H,18H2,1H3. The van der Waals surface area contributed by atoms with E-state index in [9.17, 15) is 17.6 Å². The summed E-state index contributed by atoms with van der Waals surface area (Å²) in [5, 5.41) is 1.82. The van der Waals surface area contributed by atoms with E-state index in [1.54, 1.807) is 6.07 Å². The van der Waals surface area contributed by atoms with Crippen LogP contribution in [0.2, 0.25) is 0 Å². The third kappa shape index (κ3) is 2.79. The number of thiophene rings is 1. The Kier molecular flexibility index (Phi) is 3.64. The molecule has 0 aliphatic heterocycles. The van der Waals surface area contributed by atoms with Gasteiger partial charge >= 0.3 is 6.18 Å². The molecule has 0 amide bonds. The van der Waals surface area contributed by atoms with E-state index >= 15 is 0 Å². The van der Waals surface area contributed by atoms with E-state index in [2.05, 4.69) is 0 Å². The highest BCUT2D eigenvalue weighted by Crippen LogP contribution is 2.34. The van der Waals surface area contributed by atoms with Crippen LogP contribution < -0.4 is 5.73 Å². The molecule has 1 atom stereocenters. The Bertz CT molecular complexity index is 589. The first-order chi connectivity index (χ1) is 8.80. The fourth-order valence-electron chi connectivity index (χ4n) is 1.85. The second-order valence-corrected chi connectivity index (χ2v) is 5.27. The van der Waals surface area contributed by atoms with Crippen LogP contribution in [0.5, 0.6) is 0 Å². The first-order valence-corrected chi connectivity index (χ1v) is 6.35. The van der Waals surface area contributed by atoms with E-state index in [0.717, 1.165) is 22.6 Å². The van der Waals surface area contributed by atoms with Gasteiger partial charge in [0.25, 0.3) is 0 Å². The Morgan fingerprint density at radius 3 is 2.42 bits per heavy atom. The molecule has 0 aliphatic carbocycles. The highest BCUT2D eigenvalue weighted by Gasteiger charge is 2.34. The predicted octanol–water partition coefficient (Wildman–Crippen LogP) is 4.26. The molecule has 0 bridgehead atoms.